The standard InChI is InChI=1S/C15H22N2O2/c1-5-8-16-13(15(2,3)4)10-6-7-11-12(9-10)19-14(18)17-11/h6-7,9,13,16H,5,8H2,1-4H3,(H,17,18). The minimum atomic E-state index is -0.402. The Morgan fingerprint density at radius 1 is 1.37 bits per heavy atom. The summed E-state index contributed by atoms with van der Waals surface area (Å²) in [4.78, 5) is 13.9. The van der Waals surface area contributed by atoms with Crippen LogP contribution in [0.3, 0.4) is 0 Å². The molecule has 0 aliphatic heterocycles. The van der Waals surface area contributed by atoms with Crippen LogP contribution in [0.25, 0.3) is 11.1 Å². The molecular weight excluding hydrogens is 240 g/mol. The largest absolute Gasteiger partial charge is 0.417 e. The summed E-state index contributed by atoms with van der Waals surface area (Å²) in [5.74, 6) is -0.402. The van der Waals surface area contributed by atoms with E-state index in [9.17, 15) is 4.79 Å². The van der Waals surface area contributed by atoms with Gasteiger partial charge in [0.1, 0.15) is 0 Å². The molecule has 0 radical (unpaired) electrons. The second-order valence-corrected chi connectivity index (χ2v) is 6.02. The van der Waals surface area contributed by atoms with Crippen LogP contribution in [0.15, 0.2) is 27.4 Å². The lowest BCUT2D eigenvalue weighted by Crippen LogP contribution is -2.32. The lowest BCUT2D eigenvalue weighted by atomic mass is 9.82. The highest BCUT2D eigenvalue weighted by molar-refractivity contribution is 5.72. The van der Waals surface area contributed by atoms with E-state index in [2.05, 4.69) is 38.0 Å². The summed E-state index contributed by atoms with van der Waals surface area (Å²) in [7, 11) is 0. The van der Waals surface area contributed by atoms with Crippen molar-refractivity contribution in [1.29, 1.82) is 0 Å². The maximum absolute atomic E-state index is 11.2. The quantitative estimate of drug-likeness (QED) is 0.889. The summed E-state index contributed by atoms with van der Waals surface area (Å²) in [6.45, 7) is 9.74. The van der Waals surface area contributed by atoms with Crippen LogP contribution in [-0.4, -0.2) is 11.5 Å². The average Bonchev–Trinajstić information content (AvgIpc) is 2.67. The molecule has 0 aliphatic rings. The third-order valence-electron chi connectivity index (χ3n) is 3.24. The van der Waals surface area contributed by atoms with Gasteiger partial charge in [-0.3, -0.25) is 4.98 Å². The van der Waals surface area contributed by atoms with Gasteiger partial charge >= 0.3 is 5.76 Å². The molecule has 4 nitrogen and oxygen atoms in total. The molecule has 1 heterocycles. The van der Waals surface area contributed by atoms with Crippen molar-refractivity contribution in [3.05, 3.63) is 34.3 Å². The minimum absolute atomic E-state index is 0.0967. The molecule has 4 heteroatoms. The Hall–Kier alpha value is -1.55. The summed E-state index contributed by atoms with van der Waals surface area (Å²) in [5.41, 5.74) is 2.61. The number of rotatable bonds is 4. The Labute approximate surface area is 113 Å². The lowest BCUT2D eigenvalue weighted by Gasteiger charge is -2.32. The summed E-state index contributed by atoms with van der Waals surface area (Å²) in [6.07, 6.45) is 1.09. The van der Waals surface area contributed by atoms with Crippen LogP contribution in [0.1, 0.15) is 45.7 Å². The number of H-pyrrole nitrogens is 1. The zero-order valence-corrected chi connectivity index (χ0v) is 12.0. The maximum atomic E-state index is 11.2. The fourth-order valence-electron chi connectivity index (χ4n) is 2.35. The first kappa shape index (κ1) is 13.9. The lowest BCUT2D eigenvalue weighted by molar-refractivity contribution is 0.273. The van der Waals surface area contributed by atoms with Gasteiger partial charge < -0.3 is 9.73 Å². The smallest absolute Gasteiger partial charge is 0.408 e. The van der Waals surface area contributed by atoms with Crippen LogP contribution in [0.5, 0.6) is 0 Å². The number of hydrogen-bond donors (Lipinski definition) is 2. The number of oxazole rings is 1. The highest BCUT2D eigenvalue weighted by Crippen LogP contribution is 2.33. The predicted molar refractivity (Wildman–Crippen MR) is 77.3 cm³/mol. The van der Waals surface area contributed by atoms with Crippen LogP contribution in [-0.2, 0) is 0 Å². The van der Waals surface area contributed by atoms with Crippen molar-refractivity contribution >= 4 is 11.1 Å². The van der Waals surface area contributed by atoms with Gasteiger partial charge in [-0.15, -0.1) is 0 Å². The van der Waals surface area contributed by atoms with Crippen molar-refractivity contribution in [3.8, 4) is 0 Å². The second kappa shape index (κ2) is 5.21. The number of hydrogen-bond acceptors (Lipinski definition) is 3. The molecule has 0 spiro atoms. The van der Waals surface area contributed by atoms with Gasteiger partial charge in [0.15, 0.2) is 5.58 Å². The number of fused-ring (bicyclic) bond motifs is 1. The third kappa shape index (κ3) is 3.07. The molecule has 104 valence electrons. The summed E-state index contributed by atoms with van der Waals surface area (Å²) in [5, 5.41) is 3.57. The number of benzene rings is 1. The summed E-state index contributed by atoms with van der Waals surface area (Å²) < 4.78 is 5.14. The molecule has 0 saturated heterocycles. The molecule has 1 aromatic carbocycles. The Bertz CT molecular complexity index is 604. The minimum Gasteiger partial charge on any atom is -0.408 e. The molecule has 1 aromatic heterocycles. The van der Waals surface area contributed by atoms with Gasteiger partial charge in [-0.25, -0.2) is 4.79 Å². The van der Waals surface area contributed by atoms with E-state index in [1.54, 1.807) is 0 Å². The van der Waals surface area contributed by atoms with E-state index in [0.717, 1.165) is 24.0 Å². The fraction of sp³-hybridized carbons (Fsp3) is 0.533. The Kier molecular flexibility index (Phi) is 3.80. The second-order valence-electron chi connectivity index (χ2n) is 6.02. The van der Waals surface area contributed by atoms with E-state index in [-0.39, 0.29) is 11.5 Å². The molecule has 2 aromatic rings. The molecule has 0 bridgehead atoms. The monoisotopic (exact) mass is 262 g/mol. The molecule has 0 amide bonds. The topological polar surface area (TPSA) is 58.0 Å². The zero-order valence-electron chi connectivity index (χ0n) is 12.0. The molecule has 19 heavy (non-hydrogen) atoms. The molecule has 2 rings (SSSR count). The molecule has 0 aliphatic carbocycles. The van der Waals surface area contributed by atoms with Crippen molar-refractivity contribution in [3.63, 3.8) is 0 Å². The van der Waals surface area contributed by atoms with Gasteiger partial charge in [0.2, 0.25) is 0 Å². The van der Waals surface area contributed by atoms with Gasteiger partial charge in [-0.2, -0.15) is 0 Å². The highest BCUT2D eigenvalue weighted by Gasteiger charge is 2.26. The third-order valence-corrected chi connectivity index (χ3v) is 3.24. The van der Waals surface area contributed by atoms with E-state index < -0.39 is 5.76 Å². The van der Waals surface area contributed by atoms with Crippen LogP contribution >= 0.6 is 0 Å². The van der Waals surface area contributed by atoms with Crippen LogP contribution in [0.2, 0.25) is 0 Å². The molecule has 1 atom stereocenters. The average molecular weight is 262 g/mol. The molecule has 0 fully saturated rings. The van der Waals surface area contributed by atoms with Gasteiger partial charge in [0.25, 0.3) is 0 Å². The first-order valence-electron chi connectivity index (χ1n) is 6.78. The highest BCUT2D eigenvalue weighted by atomic mass is 16.4. The Morgan fingerprint density at radius 3 is 2.74 bits per heavy atom. The first-order valence-corrected chi connectivity index (χ1v) is 6.78. The number of aromatic amines is 1. The van der Waals surface area contributed by atoms with Gasteiger partial charge in [-0.1, -0.05) is 33.8 Å². The van der Waals surface area contributed by atoms with E-state index in [1.807, 2.05) is 18.2 Å². The molecule has 1 unspecified atom stereocenters. The maximum Gasteiger partial charge on any atom is 0.417 e. The molecule has 0 saturated carbocycles. The number of aromatic nitrogens is 1. The van der Waals surface area contributed by atoms with E-state index >= 15 is 0 Å². The zero-order chi connectivity index (χ0) is 14.0. The van der Waals surface area contributed by atoms with Crippen molar-refractivity contribution in [2.45, 2.75) is 40.2 Å². The fourth-order valence-corrected chi connectivity index (χ4v) is 2.35. The first-order chi connectivity index (χ1) is 8.91. The van der Waals surface area contributed by atoms with Gasteiger partial charge in [0, 0.05) is 6.04 Å². The normalized spacial score (nSPS) is 13.9. The van der Waals surface area contributed by atoms with Crippen molar-refractivity contribution < 1.29 is 4.42 Å². The van der Waals surface area contributed by atoms with E-state index in [1.165, 1.54) is 0 Å². The predicted octanol–water partition coefficient (Wildman–Crippen LogP) is 3.21. The SMILES string of the molecule is CCCNC(c1ccc2[nH]c(=O)oc2c1)C(C)(C)C. The van der Waals surface area contributed by atoms with Gasteiger partial charge in [-0.05, 0) is 36.1 Å². The Balaban J connectivity index is 2.40. The van der Waals surface area contributed by atoms with E-state index in [0.29, 0.717) is 5.58 Å². The summed E-state index contributed by atoms with van der Waals surface area (Å²) in [6, 6.07) is 6.14. The van der Waals surface area contributed by atoms with Crippen LogP contribution < -0.4 is 11.1 Å². The summed E-state index contributed by atoms with van der Waals surface area (Å²) >= 11 is 0. The molecule has 2 N–H and O–H groups in total. The van der Waals surface area contributed by atoms with Crippen molar-refractivity contribution in [2.24, 2.45) is 5.41 Å². The number of nitrogens with one attached hydrogen (secondary N) is 2. The molecular formula is C15H22N2O2. The Morgan fingerprint density at radius 2 is 2.11 bits per heavy atom. The van der Waals surface area contributed by atoms with E-state index in [4.69, 9.17) is 4.42 Å². The van der Waals surface area contributed by atoms with Crippen LogP contribution in [0.4, 0.5) is 0 Å². The van der Waals surface area contributed by atoms with Crippen molar-refractivity contribution in [1.82, 2.24) is 10.3 Å². The van der Waals surface area contributed by atoms with Crippen molar-refractivity contribution in [2.75, 3.05) is 6.54 Å². The van der Waals surface area contributed by atoms with Gasteiger partial charge in [0.05, 0.1) is 5.52 Å². The van der Waals surface area contributed by atoms with Crippen LogP contribution in [0, 0.1) is 5.41 Å².